The third kappa shape index (κ3) is 8.94. The molecule has 4 N–H and O–H groups in total. The smallest absolute Gasteiger partial charge is 0.303 e. The van der Waals surface area contributed by atoms with Gasteiger partial charge in [-0.2, -0.15) is 11.8 Å². The molecule has 1 aliphatic heterocycles. The molecule has 0 radical (unpaired) electrons. The molecule has 0 aliphatic carbocycles. The van der Waals surface area contributed by atoms with Gasteiger partial charge in [-0.3, -0.25) is 9.59 Å². The van der Waals surface area contributed by atoms with E-state index in [1.807, 2.05) is 48.5 Å². The Bertz CT molecular complexity index is 936. The molecular formula is C26H33NO7S. The predicted octanol–water partition coefficient (Wildman–Crippen LogP) is 3.32. The van der Waals surface area contributed by atoms with Crippen LogP contribution in [-0.2, 0) is 32.2 Å². The molecule has 9 heteroatoms. The fraction of sp³-hybridized carbons (Fsp3) is 0.462. The topological polar surface area (TPSA) is 125 Å². The fourth-order valence-corrected chi connectivity index (χ4v) is 4.56. The second-order valence-electron chi connectivity index (χ2n) is 8.41. The fourth-order valence-electron chi connectivity index (χ4n) is 3.78. The average Bonchev–Trinajstić information content (AvgIpc) is 2.87. The van der Waals surface area contributed by atoms with E-state index >= 15 is 0 Å². The van der Waals surface area contributed by atoms with Crippen LogP contribution >= 0.6 is 11.8 Å². The van der Waals surface area contributed by atoms with Crippen molar-refractivity contribution in [2.45, 2.75) is 57.3 Å². The quantitative estimate of drug-likeness (QED) is 0.307. The lowest BCUT2D eigenvalue weighted by molar-refractivity contribution is -0.245. The number of carboxylic acid groups (broad SMARTS) is 1. The van der Waals surface area contributed by atoms with Crippen LogP contribution in [0.25, 0.3) is 0 Å². The lowest BCUT2D eigenvalue weighted by Gasteiger charge is -2.36. The molecule has 190 valence electrons. The molecule has 0 spiro atoms. The molecule has 0 aromatic heterocycles. The minimum atomic E-state index is -0.904. The molecular weight excluding hydrogens is 470 g/mol. The van der Waals surface area contributed by atoms with E-state index in [1.54, 1.807) is 11.8 Å². The SMILES string of the molecule is O=C(O)CCCC(=O)NCc1ccc([C@H]2O[C@@H](CSCCO)C[C@@H](c3ccc(CO)cc3)O2)cc1. The van der Waals surface area contributed by atoms with E-state index in [0.717, 1.165) is 28.0 Å². The van der Waals surface area contributed by atoms with Gasteiger partial charge in [0.25, 0.3) is 0 Å². The Morgan fingerprint density at radius 1 is 0.943 bits per heavy atom. The summed E-state index contributed by atoms with van der Waals surface area (Å²) in [5.41, 5.74) is 3.66. The first-order chi connectivity index (χ1) is 17.0. The van der Waals surface area contributed by atoms with Crippen LogP contribution in [0.3, 0.4) is 0 Å². The monoisotopic (exact) mass is 503 g/mol. The van der Waals surface area contributed by atoms with Gasteiger partial charge in [0.2, 0.25) is 5.91 Å². The van der Waals surface area contributed by atoms with Gasteiger partial charge in [-0.05, 0) is 23.1 Å². The first kappa shape index (κ1) is 27.2. The van der Waals surface area contributed by atoms with Crippen molar-refractivity contribution < 1.29 is 34.4 Å². The molecule has 8 nitrogen and oxygen atoms in total. The van der Waals surface area contributed by atoms with Crippen LogP contribution in [0.15, 0.2) is 48.5 Å². The normalized spacial score (nSPS) is 19.9. The lowest BCUT2D eigenvalue weighted by Crippen LogP contribution is -2.31. The molecule has 2 aromatic carbocycles. The molecule has 1 heterocycles. The summed E-state index contributed by atoms with van der Waals surface area (Å²) < 4.78 is 12.5. The van der Waals surface area contributed by atoms with Crippen LogP contribution in [0.5, 0.6) is 0 Å². The van der Waals surface area contributed by atoms with Gasteiger partial charge >= 0.3 is 5.97 Å². The Hall–Kier alpha value is -2.43. The van der Waals surface area contributed by atoms with E-state index < -0.39 is 12.3 Å². The van der Waals surface area contributed by atoms with Gasteiger partial charge in [-0.15, -0.1) is 0 Å². The second-order valence-corrected chi connectivity index (χ2v) is 9.56. The first-order valence-electron chi connectivity index (χ1n) is 11.7. The minimum Gasteiger partial charge on any atom is -0.481 e. The number of amides is 1. The van der Waals surface area contributed by atoms with Gasteiger partial charge in [0, 0.05) is 42.9 Å². The number of carbonyl (C=O) groups is 2. The maximum Gasteiger partial charge on any atom is 0.303 e. The number of carbonyl (C=O) groups excluding carboxylic acids is 1. The molecule has 2 aromatic rings. The van der Waals surface area contributed by atoms with Crippen molar-refractivity contribution in [1.82, 2.24) is 5.32 Å². The van der Waals surface area contributed by atoms with Crippen LogP contribution in [0, 0.1) is 0 Å². The number of nitrogens with one attached hydrogen (secondary N) is 1. The third-order valence-electron chi connectivity index (χ3n) is 5.69. The van der Waals surface area contributed by atoms with Crippen molar-refractivity contribution in [3.8, 4) is 0 Å². The van der Waals surface area contributed by atoms with Gasteiger partial charge in [0.15, 0.2) is 6.29 Å². The molecule has 1 amide bonds. The molecule has 3 rings (SSSR count). The number of carboxylic acids is 1. The lowest BCUT2D eigenvalue weighted by atomic mass is 10.0. The summed E-state index contributed by atoms with van der Waals surface area (Å²) in [7, 11) is 0. The van der Waals surface area contributed by atoms with Gasteiger partial charge < -0.3 is 30.1 Å². The van der Waals surface area contributed by atoms with Crippen LogP contribution in [0.2, 0.25) is 0 Å². The number of ether oxygens (including phenoxy) is 2. The van der Waals surface area contributed by atoms with Crippen molar-refractivity contribution in [1.29, 1.82) is 0 Å². The van der Waals surface area contributed by atoms with Crippen LogP contribution in [0.1, 0.15) is 60.3 Å². The van der Waals surface area contributed by atoms with E-state index in [2.05, 4.69) is 5.32 Å². The van der Waals surface area contributed by atoms with Crippen LogP contribution in [-0.4, -0.2) is 51.4 Å². The molecule has 1 aliphatic rings. The predicted molar refractivity (Wildman–Crippen MR) is 133 cm³/mol. The number of hydrogen-bond acceptors (Lipinski definition) is 7. The number of rotatable bonds is 13. The van der Waals surface area contributed by atoms with E-state index in [4.69, 9.17) is 19.7 Å². The summed E-state index contributed by atoms with van der Waals surface area (Å²) in [6, 6.07) is 15.4. The van der Waals surface area contributed by atoms with E-state index in [1.165, 1.54) is 0 Å². The Balaban J connectivity index is 1.62. The molecule has 0 bridgehead atoms. The number of hydrogen-bond donors (Lipinski definition) is 4. The number of thioether (sulfide) groups is 1. The second kappa shape index (κ2) is 14.2. The molecule has 3 atom stereocenters. The van der Waals surface area contributed by atoms with Gasteiger partial charge in [0.05, 0.1) is 25.4 Å². The van der Waals surface area contributed by atoms with E-state index in [9.17, 15) is 14.7 Å². The van der Waals surface area contributed by atoms with Crippen molar-refractivity contribution >= 4 is 23.6 Å². The summed E-state index contributed by atoms with van der Waals surface area (Å²) in [6.07, 6.45) is 0.423. The van der Waals surface area contributed by atoms with Crippen molar-refractivity contribution in [2.24, 2.45) is 0 Å². The molecule has 1 saturated heterocycles. The number of aliphatic carboxylic acids is 1. The molecule has 35 heavy (non-hydrogen) atoms. The van der Waals surface area contributed by atoms with Crippen molar-refractivity contribution in [3.05, 3.63) is 70.8 Å². The van der Waals surface area contributed by atoms with E-state index in [0.29, 0.717) is 25.1 Å². The Kier molecular flexibility index (Phi) is 11.0. The Morgan fingerprint density at radius 2 is 1.63 bits per heavy atom. The summed E-state index contributed by atoms with van der Waals surface area (Å²) in [6.45, 7) is 0.479. The third-order valence-corrected chi connectivity index (χ3v) is 6.77. The summed E-state index contributed by atoms with van der Waals surface area (Å²) in [4.78, 5) is 22.5. The number of aliphatic hydroxyl groups is 2. The Labute approximate surface area is 209 Å². The maximum atomic E-state index is 11.9. The summed E-state index contributed by atoms with van der Waals surface area (Å²) >= 11 is 1.64. The Morgan fingerprint density at radius 3 is 2.29 bits per heavy atom. The van der Waals surface area contributed by atoms with Crippen LogP contribution in [0.4, 0.5) is 0 Å². The zero-order valence-electron chi connectivity index (χ0n) is 19.6. The van der Waals surface area contributed by atoms with Crippen molar-refractivity contribution in [3.63, 3.8) is 0 Å². The van der Waals surface area contributed by atoms with Gasteiger partial charge in [0.1, 0.15) is 0 Å². The number of benzene rings is 2. The first-order valence-corrected chi connectivity index (χ1v) is 12.9. The highest BCUT2D eigenvalue weighted by Gasteiger charge is 2.32. The largest absolute Gasteiger partial charge is 0.481 e. The number of aliphatic hydroxyl groups excluding tert-OH is 2. The maximum absolute atomic E-state index is 11.9. The summed E-state index contributed by atoms with van der Waals surface area (Å²) in [5, 5.41) is 29.9. The summed E-state index contributed by atoms with van der Waals surface area (Å²) in [5.74, 6) is 0.321. The minimum absolute atomic E-state index is 0.00684. The van der Waals surface area contributed by atoms with Crippen molar-refractivity contribution in [2.75, 3.05) is 18.1 Å². The van der Waals surface area contributed by atoms with Gasteiger partial charge in [-0.1, -0.05) is 48.5 Å². The molecule has 1 fully saturated rings. The molecule has 0 saturated carbocycles. The molecule has 0 unspecified atom stereocenters. The van der Waals surface area contributed by atoms with E-state index in [-0.39, 0.29) is 44.2 Å². The zero-order valence-corrected chi connectivity index (χ0v) is 20.4. The standard InChI is InChI=1S/C26H33NO7S/c28-12-13-35-17-22-14-23(20-8-6-19(16-29)7-9-20)34-26(33-22)21-10-4-18(5-11-21)15-27-24(30)2-1-3-25(31)32/h4-11,22-23,26,28-29H,1-3,12-17H2,(H,27,30)(H,31,32)/t22-,23+,26+/m1/s1. The average molecular weight is 504 g/mol. The zero-order chi connectivity index (χ0) is 25.0. The highest BCUT2D eigenvalue weighted by atomic mass is 32.2. The highest BCUT2D eigenvalue weighted by molar-refractivity contribution is 7.99. The highest BCUT2D eigenvalue weighted by Crippen LogP contribution is 2.38. The van der Waals surface area contributed by atoms with Gasteiger partial charge in [-0.25, -0.2) is 0 Å². The van der Waals surface area contributed by atoms with Crippen LogP contribution < -0.4 is 5.32 Å².